The third-order valence-electron chi connectivity index (χ3n) is 4.92. The molecule has 0 fully saturated rings. The van der Waals surface area contributed by atoms with E-state index in [2.05, 4.69) is 48.5 Å². The van der Waals surface area contributed by atoms with E-state index in [1.807, 2.05) is 0 Å². The van der Waals surface area contributed by atoms with Crippen LogP contribution in [0.5, 0.6) is 0 Å². The summed E-state index contributed by atoms with van der Waals surface area (Å²) in [5, 5.41) is 0. The van der Waals surface area contributed by atoms with Crippen LogP contribution in [0.3, 0.4) is 0 Å². The van der Waals surface area contributed by atoms with Crippen LogP contribution in [0.2, 0.25) is 0 Å². The Bertz CT molecular complexity index is 561. The predicted octanol–water partition coefficient (Wildman–Crippen LogP) is 5.80. The van der Waals surface area contributed by atoms with Crippen LogP contribution in [0.4, 0.5) is 0 Å². The molecule has 23 heavy (non-hydrogen) atoms. The Morgan fingerprint density at radius 1 is 0.652 bits per heavy atom. The maximum absolute atomic E-state index is 2.31. The van der Waals surface area contributed by atoms with Crippen molar-refractivity contribution in [1.29, 1.82) is 0 Å². The minimum atomic E-state index is 0. The van der Waals surface area contributed by atoms with Gasteiger partial charge in [0.05, 0.1) is 0 Å². The van der Waals surface area contributed by atoms with Crippen molar-refractivity contribution >= 4 is 0 Å². The van der Waals surface area contributed by atoms with E-state index in [1.165, 1.54) is 38.5 Å². The summed E-state index contributed by atoms with van der Waals surface area (Å²) < 4.78 is 0. The van der Waals surface area contributed by atoms with Gasteiger partial charge in [0, 0.05) is 0 Å². The molecule has 0 aromatic heterocycles. The van der Waals surface area contributed by atoms with Crippen molar-refractivity contribution in [3.63, 3.8) is 0 Å². The number of benzene rings is 2. The van der Waals surface area contributed by atoms with Crippen molar-refractivity contribution in [2.45, 2.75) is 38.5 Å². The van der Waals surface area contributed by atoms with E-state index >= 15 is 0 Å². The zero-order valence-electron chi connectivity index (χ0n) is 14.4. The molecule has 2 aromatic rings. The summed E-state index contributed by atoms with van der Waals surface area (Å²) in [7, 11) is 0. The molecule has 0 bridgehead atoms. The average Bonchev–Trinajstić information content (AvgIpc) is 3.09. The van der Waals surface area contributed by atoms with Crippen LogP contribution in [0.25, 0.3) is 0 Å². The third-order valence-corrected chi connectivity index (χ3v) is 4.92. The summed E-state index contributed by atoms with van der Waals surface area (Å²) in [6, 6.07) is 17.9. The SMILES string of the molecule is [CH3-].[CH3-].[Zr+4].c1ccc2c(c1)CC[C-]2CC[C-]1CCc2ccccc21. The van der Waals surface area contributed by atoms with Crippen molar-refractivity contribution in [2.75, 3.05) is 0 Å². The molecule has 2 aliphatic rings. The fourth-order valence-corrected chi connectivity index (χ4v) is 3.83. The summed E-state index contributed by atoms with van der Waals surface area (Å²) in [5.74, 6) is 3.36. The summed E-state index contributed by atoms with van der Waals surface area (Å²) in [6.07, 6.45) is 7.54. The van der Waals surface area contributed by atoms with Gasteiger partial charge in [-0.05, 0) is 0 Å². The second kappa shape index (κ2) is 8.79. The molecule has 0 amide bonds. The largest absolute Gasteiger partial charge is 4.00 e. The van der Waals surface area contributed by atoms with Crippen molar-refractivity contribution in [3.05, 3.63) is 97.5 Å². The number of aryl methyl sites for hydroxylation is 2. The zero-order chi connectivity index (χ0) is 13.4. The first kappa shape index (κ1) is 20.1. The Balaban J connectivity index is 0.000000882. The van der Waals surface area contributed by atoms with Gasteiger partial charge in [-0.3, -0.25) is 0 Å². The van der Waals surface area contributed by atoms with Crippen LogP contribution >= 0.6 is 0 Å². The minimum absolute atomic E-state index is 0. The minimum Gasteiger partial charge on any atom is -0.358 e. The van der Waals surface area contributed by atoms with Gasteiger partial charge in [0.15, 0.2) is 0 Å². The molecule has 0 saturated carbocycles. The van der Waals surface area contributed by atoms with Gasteiger partial charge in [-0.15, -0.1) is 35.4 Å². The Kier molecular flexibility index (Phi) is 7.68. The van der Waals surface area contributed by atoms with E-state index in [-0.39, 0.29) is 41.1 Å². The van der Waals surface area contributed by atoms with Gasteiger partial charge >= 0.3 is 26.2 Å². The van der Waals surface area contributed by atoms with Crippen LogP contribution < -0.4 is 0 Å². The Morgan fingerprint density at radius 3 is 1.48 bits per heavy atom. The molecule has 0 heterocycles. The number of fused-ring (bicyclic) bond motifs is 2. The first-order chi connectivity index (χ1) is 9.92. The van der Waals surface area contributed by atoms with Gasteiger partial charge in [0.25, 0.3) is 0 Å². The van der Waals surface area contributed by atoms with Crippen LogP contribution in [0, 0.1) is 26.7 Å². The van der Waals surface area contributed by atoms with Gasteiger partial charge in [0.2, 0.25) is 0 Å². The second-order valence-corrected chi connectivity index (χ2v) is 6.02. The summed E-state index contributed by atoms with van der Waals surface area (Å²) in [4.78, 5) is 0. The molecule has 0 spiro atoms. The fraction of sp³-hybridized carbons (Fsp3) is 0.273. The van der Waals surface area contributed by atoms with E-state index in [1.54, 1.807) is 34.1 Å². The van der Waals surface area contributed by atoms with Crippen LogP contribution in [0.1, 0.15) is 47.9 Å². The number of rotatable bonds is 3. The van der Waals surface area contributed by atoms with Gasteiger partial charge in [-0.2, -0.15) is 35.1 Å². The Labute approximate surface area is 161 Å². The molecule has 0 N–H and O–H groups in total. The van der Waals surface area contributed by atoms with Gasteiger partial charge < -0.3 is 14.9 Å². The van der Waals surface area contributed by atoms with Crippen molar-refractivity contribution in [3.8, 4) is 0 Å². The summed E-state index contributed by atoms with van der Waals surface area (Å²) in [5.41, 5.74) is 6.19. The summed E-state index contributed by atoms with van der Waals surface area (Å²) >= 11 is 0. The number of hydrogen-bond acceptors (Lipinski definition) is 0. The molecule has 2 aromatic carbocycles. The molecule has 0 saturated heterocycles. The molecule has 0 atom stereocenters. The van der Waals surface area contributed by atoms with Crippen molar-refractivity contribution < 1.29 is 26.2 Å². The van der Waals surface area contributed by atoms with Crippen molar-refractivity contribution in [2.24, 2.45) is 0 Å². The molecule has 0 unspecified atom stereocenters. The molecule has 0 radical (unpaired) electrons. The van der Waals surface area contributed by atoms with E-state index in [0.717, 1.165) is 0 Å². The Morgan fingerprint density at radius 2 is 1.04 bits per heavy atom. The van der Waals surface area contributed by atoms with Crippen molar-refractivity contribution in [1.82, 2.24) is 0 Å². The molecular weight excluding hydrogens is 355 g/mol. The van der Waals surface area contributed by atoms with Crippen LogP contribution in [-0.4, -0.2) is 0 Å². The van der Waals surface area contributed by atoms with Crippen LogP contribution in [-0.2, 0) is 39.0 Å². The van der Waals surface area contributed by atoms with E-state index < -0.39 is 0 Å². The topological polar surface area (TPSA) is 0 Å². The molecular formula is C22H26Zr. The molecule has 2 aliphatic carbocycles. The standard InChI is InChI=1S/C20H20.2CH3.Zr/c1-3-7-19-15(5-1)9-11-17(19)13-14-18-12-10-16-6-2-4-8-20(16)18;;;/h1-8H,9-14H2;2*1H3;/q-2;2*-1;+4. The third kappa shape index (κ3) is 3.94. The first-order valence-corrected chi connectivity index (χ1v) is 7.78. The van der Waals surface area contributed by atoms with Gasteiger partial charge in [0.1, 0.15) is 0 Å². The quantitative estimate of drug-likeness (QED) is 0.589. The average molecular weight is 382 g/mol. The first-order valence-electron chi connectivity index (χ1n) is 7.78. The fourth-order valence-electron chi connectivity index (χ4n) is 3.83. The van der Waals surface area contributed by atoms with Gasteiger partial charge in [-0.25, -0.2) is 0 Å². The second-order valence-electron chi connectivity index (χ2n) is 6.02. The predicted molar refractivity (Wildman–Crippen MR) is 96.3 cm³/mol. The zero-order valence-corrected chi connectivity index (χ0v) is 16.8. The van der Waals surface area contributed by atoms with E-state index in [0.29, 0.717) is 0 Å². The molecule has 4 rings (SSSR count). The number of hydrogen-bond donors (Lipinski definition) is 0. The normalized spacial score (nSPS) is 14.3. The smallest absolute Gasteiger partial charge is 0.358 e. The molecule has 0 nitrogen and oxygen atoms in total. The van der Waals surface area contributed by atoms with E-state index in [4.69, 9.17) is 0 Å². The Hall–Kier alpha value is -0.937. The summed E-state index contributed by atoms with van der Waals surface area (Å²) in [6.45, 7) is 0. The molecule has 118 valence electrons. The van der Waals surface area contributed by atoms with Crippen LogP contribution in [0.15, 0.2) is 48.5 Å². The maximum Gasteiger partial charge on any atom is 4.00 e. The maximum atomic E-state index is 2.31. The van der Waals surface area contributed by atoms with E-state index in [9.17, 15) is 0 Å². The molecule has 1 heteroatoms. The monoisotopic (exact) mass is 380 g/mol. The van der Waals surface area contributed by atoms with Gasteiger partial charge in [-0.1, -0.05) is 50.7 Å². The molecule has 0 aliphatic heterocycles.